The summed E-state index contributed by atoms with van der Waals surface area (Å²) in [5.74, 6) is 0. The van der Waals surface area contributed by atoms with Crippen molar-refractivity contribution in [2.24, 2.45) is 0 Å². The molecule has 0 saturated carbocycles. The van der Waals surface area contributed by atoms with Crippen LogP contribution in [-0.2, 0) is 38.4 Å². The molecule has 0 unspecified atom stereocenters. The van der Waals surface area contributed by atoms with Crippen LogP contribution in [0, 0.1) is 0 Å². The van der Waals surface area contributed by atoms with Crippen LogP contribution in [-0.4, -0.2) is 14.7 Å². The van der Waals surface area contributed by atoms with Crippen molar-refractivity contribution < 1.29 is 53.1 Å². The molecule has 0 atom stereocenters. The SMILES string of the molecule is O=P(O)(O)O.[Co].[Mn]. The van der Waals surface area contributed by atoms with E-state index in [2.05, 4.69) is 0 Å². The summed E-state index contributed by atoms with van der Waals surface area (Å²) < 4.78 is 8.88. The molecule has 0 spiro atoms. The average molecular weight is 212 g/mol. The Labute approximate surface area is 61.2 Å². The standard InChI is InChI=1S/Co.Mn.H3O4P/c;;1-5(2,3)4/h;;(H3,1,2,3,4). The molecule has 3 N–H and O–H groups in total. The van der Waals surface area contributed by atoms with Gasteiger partial charge >= 0.3 is 7.82 Å². The van der Waals surface area contributed by atoms with Gasteiger partial charge in [0.2, 0.25) is 0 Å². The largest absolute Gasteiger partial charge is 0.466 e. The summed E-state index contributed by atoms with van der Waals surface area (Å²) in [4.78, 5) is 21.6. The minimum Gasteiger partial charge on any atom is -0.303 e. The van der Waals surface area contributed by atoms with Crippen LogP contribution in [0.2, 0.25) is 0 Å². The maximum atomic E-state index is 8.88. The number of phosphoric acid groups is 1. The fraction of sp³-hybridized carbons (Fsp3) is 0. The summed E-state index contributed by atoms with van der Waals surface area (Å²) in [6.07, 6.45) is 0. The molecule has 0 fully saturated rings. The van der Waals surface area contributed by atoms with Crippen LogP contribution in [0.5, 0.6) is 0 Å². The van der Waals surface area contributed by atoms with Gasteiger partial charge in [-0.25, -0.2) is 4.57 Å². The van der Waals surface area contributed by atoms with E-state index in [0.29, 0.717) is 0 Å². The average Bonchev–Trinajstić information content (AvgIpc) is 0.722. The zero-order valence-electron chi connectivity index (χ0n) is 2.91. The first-order valence-corrected chi connectivity index (χ1v) is 2.35. The van der Waals surface area contributed by atoms with E-state index in [0.717, 1.165) is 0 Å². The van der Waals surface area contributed by atoms with Crippen molar-refractivity contribution in [3.63, 3.8) is 0 Å². The minimum atomic E-state index is -4.64. The third-order valence-electron chi connectivity index (χ3n) is 0. The molecule has 0 aliphatic carbocycles. The van der Waals surface area contributed by atoms with Gasteiger partial charge in [-0.2, -0.15) is 0 Å². The van der Waals surface area contributed by atoms with Crippen molar-refractivity contribution in [2.45, 2.75) is 0 Å². The normalized spacial score (nSPS) is 8.43. The summed E-state index contributed by atoms with van der Waals surface area (Å²) in [5.41, 5.74) is 0. The molecule has 7 heteroatoms. The van der Waals surface area contributed by atoms with Gasteiger partial charge in [0.05, 0.1) is 0 Å². The number of hydrogen-bond donors (Lipinski definition) is 3. The van der Waals surface area contributed by atoms with E-state index in [4.69, 9.17) is 19.2 Å². The predicted molar refractivity (Wildman–Crippen MR) is 14.3 cm³/mol. The first-order chi connectivity index (χ1) is 2.00. The molecule has 0 aliphatic rings. The summed E-state index contributed by atoms with van der Waals surface area (Å²) in [6, 6.07) is 0. The van der Waals surface area contributed by atoms with Gasteiger partial charge in [-0.1, -0.05) is 0 Å². The predicted octanol–water partition coefficient (Wildman–Crippen LogP) is -0.934. The van der Waals surface area contributed by atoms with E-state index >= 15 is 0 Å². The Morgan fingerprint density at radius 3 is 1.14 bits per heavy atom. The molecular weight excluding hydrogens is 209 g/mol. The third kappa shape index (κ3) is 146. The summed E-state index contributed by atoms with van der Waals surface area (Å²) >= 11 is 0. The molecule has 0 aromatic carbocycles. The second-order valence-corrected chi connectivity index (χ2v) is 1.54. The minimum absolute atomic E-state index is 0. The Morgan fingerprint density at radius 1 is 1.14 bits per heavy atom. The van der Waals surface area contributed by atoms with Gasteiger partial charge in [0.25, 0.3) is 0 Å². The van der Waals surface area contributed by atoms with Crippen molar-refractivity contribution in [2.75, 3.05) is 0 Å². The van der Waals surface area contributed by atoms with Crippen LogP contribution in [0.4, 0.5) is 0 Å². The molecule has 0 aromatic rings. The molecule has 0 bridgehead atoms. The van der Waals surface area contributed by atoms with Crippen LogP contribution in [0.1, 0.15) is 0 Å². The van der Waals surface area contributed by atoms with Crippen LogP contribution in [0.3, 0.4) is 0 Å². The van der Waals surface area contributed by atoms with E-state index in [1.54, 1.807) is 0 Å². The third-order valence-corrected chi connectivity index (χ3v) is 0. The number of hydrogen-bond acceptors (Lipinski definition) is 1. The summed E-state index contributed by atoms with van der Waals surface area (Å²) in [7, 11) is -4.64. The molecule has 0 aliphatic heterocycles. The first kappa shape index (κ1) is 15.7. The van der Waals surface area contributed by atoms with E-state index in [-0.39, 0.29) is 33.8 Å². The second-order valence-electron chi connectivity index (χ2n) is 0.513. The van der Waals surface area contributed by atoms with E-state index in [1.807, 2.05) is 0 Å². The van der Waals surface area contributed by atoms with E-state index in [9.17, 15) is 0 Å². The van der Waals surface area contributed by atoms with Crippen molar-refractivity contribution >= 4 is 7.82 Å². The van der Waals surface area contributed by atoms with Crippen molar-refractivity contribution in [1.29, 1.82) is 0 Å². The Kier molecular flexibility index (Phi) is 11.8. The van der Waals surface area contributed by atoms with Gasteiger partial charge in [-0.05, 0) is 0 Å². The van der Waals surface area contributed by atoms with Crippen molar-refractivity contribution in [3.8, 4) is 0 Å². The fourth-order valence-electron chi connectivity index (χ4n) is 0. The van der Waals surface area contributed by atoms with Gasteiger partial charge in [0.1, 0.15) is 0 Å². The zero-order valence-corrected chi connectivity index (χ0v) is 6.02. The molecule has 2 radical (unpaired) electrons. The molecule has 0 saturated heterocycles. The van der Waals surface area contributed by atoms with E-state index < -0.39 is 7.82 Å². The van der Waals surface area contributed by atoms with Gasteiger partial charge in [-0.3, -0.25) is 0 Å². The molecule has 4 nitrogen and oxygen atoms in total. The smallest absolute Gasteiger partial charge is 0.303 e. The van der Waals surface area contributed by atoms with Gasteiger partial charge in [-0.15, -0.1) is 0 Å². The molecule has 7 heavy (non-hydrogen) atoms. The maximum Gasteiger partial charge on any atom is 0.466 e. The van der Waals surface area contributed by atoms with Gasteiger partial charge in [0.15, 0.2) is 0 Å². The second kappa shape index (κ2) is 5.28. The molecule has 0 amide bonds. The molecular formula is H3CoMnO4P. The van der Waals surface area contributed by atoms with Crippen molar-refractivity contribution in [1.82, 2.24) is 0 Å². The van der Waals surface area contributed by atoms with Crippen LogP contribution < -0.4 is 0 Å². The summed E-state index contributed by atoms with van der Waals surface area (Å²) in [6.45, 7) is 0. The quantitative estimate of drug-likeness (QED) is 0.358. The maximum absolute atomic E-state index is 8.88. The fourth-order valence-corrected chi connectivity index (χ4v) is 0. The molecule has 48 valence electrons. The Morgan fingerprint density at radius 2 is 1.14 bits per heavy atom. The monoisotopic (exact) mass is 212 g/mol. The Hall–Kier alpha value is 1.14. The van der Waals surface area contributed by atoms with Crippen molar-refractivity contribution in [3.05, 3.63) is 0 Å². The number of rotatable bonds is 0. The zero-order chi connectivity index (χ0) is 4.50. The van der Waals surface area contributed by atoms with Crippen LogP contribution in [0.25, 0.3) is 0 Å². The van der Waals surface area contributed by atoms with Gasteiger partial charge < -0.3 is 14.7 Å². The van der Waals surface area contributed by atoms with Gasteiger partial charge in [0, 0.05) is 33.8 Å². The first-order valence-electron chi connectivity index (χ1n) is 0.783. The molecule has 0 heterocycles. The Balaban J connectivity index is -0.0000000800. The topological polar surface area (TPSA) is 77.8 Å². The Bertz CT molecular complexity index is 57.8. The van der Waals surface area contributed by atoms with Crippen LogP contribution >= 0.6 is 7.82 Å². The molecule has 0 rings (SSSR count). The van der Waals surface area contributed by atoms with E-state index in [1.165, 1.54) is 0 Å². The van der Waals surface area contributed by atoms with Crippen LogP contribution in [0.15, 0.2) is 0 Å². The molecule has 0 aromatic heterocycles. The summed E-state index contributed by atoms with van der Waals surface area (Å²) in [5, 5.41) is 0.